The quantitative estimate of drug-likeness (QED) is 0.623. The molecule has 0 amide bonds. The third kappa shape index (κ3) is 3.68. The van der Waals surface area contributed by atoms with Gasteiger partial charge in [-0.15, -0.1) is 0 Å². The molecule has 1 aromatic carbocycles. The summed E-state index contributed by atoms with van der Waals surface area (Å²) in [5, 5.41) is 22.8. The third-order valence-electron chi connectivity index (χ3n) is 3.85. The van der Waals surface area contributed by atoms with Crippen LogP contribution in [0, 0.1) is 0 Å². The van der Waals surface area contributed by atoms with E-state index in [-0.39, 0.29) is 11.5 Å². The van der Waals surface area contributed by atoms with E-state index in [1.54, 1.807) is 37.6 Å². The summed E-state index contributed by atoms with van der Waals surface area (Å²) in [5.41, 5.74) is 0.0807. The van der Waals surface area contributed by atoms with Crippen LogP contribution in [0.15, 0.2) is 63.9 Å². The van der Waals surface area contributed by atoms with Gasteiger partial charge in [-0.3, -0.25) is 10.1 Å². The molecule has 0 aliphatic heterocycles. The molecule has 0 saturated carbocycles. The number of benzene rings is 1. The summed E-state index contributed by atoms with van der Waals surface area (Å²) in [7, 11) is 1.55. The zero-order valence-corrected chi connectivity index (χ0v) is 14.1. The summed E-state index contributed by atoms with van der Waals surface area (Å²) in [5.74, 6) is 0.823. The van der Waals surface area contributed by atoms with Crippen molar-refractivity contribution < 1.29 is 24.4 Å². The number of aliphatic hydroxyl groups excluding tert-OH is 1. The Morgan fingerprint density at radius 3 is 2.77 bits per heavy atom. The van der Waals surface area contributed by atoms with Crippen molar-refractivity contribution in [2.45, 2.75) is 12.6 Å². The van der Waals surface area contributed by atoms with Crippen molar-refractivity contribution in [3.05, 3.63) is 82.0 Å². The van der Waals surface area contributed by atoms with Crippen LogP contribution in [-0.2, 0) is 6.61 Å². The first-order chi connectivity index (χ1) is 12.6. The number of hydrogen-bond acceptors (Lipinski definition) is 6. The standard InChI is InChI=1S/C19H18N2O5/c1-25-13-6-4-5-12(9-13)17(21-16-7-2-3-8-20-16)19-18(24)15(23)10-14(11-22)26-19/h2-10,17,22,24H,11H2,1H3,(H,20,21)/p+1/t17-/m1/s1. The van der Waals surface area contributed by atoms with Gasteiger partial charge in [0.15, 0.2) is 11.8 Å². The second kappa shape index (κ2) is 7.71. The van der Waals surface area contributed by atoms with Crippen LogP contribution in [0.1, 0.15) is 23.1 Å². The van der Waals surface area contributed by atoms with Crippen LogP contribution >= 0.6 is 0 Å². The molecule has 0 saturated heterocycles. The van der Waals surface area contributed by atoms with E-state index >= 15 is 0 Å². The Kier molecular flexibility index (Phi) is 5.19. The topological polar surface area (TPSA) is 106 Å². The van der Waals surface area contributed by atoms with Gasteiger partial charge in [-0.2, -0.15) is 0 Å². The fraction of sp³-hybridized carbons (Fsp3) is 0.158. The van der Waals surface area contributed by atoms with Crippen LogP contribution in [0.3, 0.4) is 0 Å². The minimum Gasteiger partial charge on any atom is -0.502 e. The number of aromatic amines is 1. The highest BCUT2D eigenvalue weighted by molar-refractivity contribution is 5.44. The maximum Gasteiger partial charge on any atom is 0.273 e. The maximum absolute atomic E-state index is 12.0. The van der Waals surface area contributed by atoms with Gasteiger partial charge < -0.3 is 19.4 Å². The Morgan fingerprint density at radius 1 is 1.23 bits per heavy atom. The molecule has 0 bridgehead atoms. The molecule has 4 N–H and O–H groups in total. The Balaban J connectivity index is 2.14. The number of aliphatic hydroxyl groups is 1. The molecule has 7 heteroatoms. The number of methoxy groups -OCH3 is 1. The van der Waals surface area contributed by atoms with E-state index < -0.39 is 23.8 Å². The molecular weight excluding hydrogens is 336 g/mol. The van der Waals surface area contributed by atoms with Gasteiger partial charge in [-0.25, -0.2) is 4.98 Å². The van der Waals surface area contributed by atoms with E-state index in [2.05, 4.69) is 10.3 Å². The van der Waals surface area contributed by atoms with Gasteiger partial charge >= 0.3 is 0 Å². The molecule has 134 valence electrons. The van der Waals surface area contributed by atoms with Gasteiger partial charge in [-0.1, -0.05) is 18.2 Å². The fourth-order valence-electron chi connectivity index (χ4n) is 2.59. The summed E-state index contributed by atoms with van der Waals surface area (Å²) in [4.78, 5) is 15.1. The van der Waals surface area contributed by atoms with Gasteiger partial charge in [0, 0.05) is 17.7 Å². The molecule has 0 aliphatic rings. The fourth-order valence-corrected chi connectivity index (χ4v) is 2.59. The lowest BCUT2D eigenvalue weighted by Crippen LogP contribution is -2.20. The predicted molar refractivity (Wildman–Crippen MR) is 94.0 cm³/mol. The van der Waals surface area contributed by atoms with Crippen molar-refractivity contribution in [3.8, 4) is 11.5 Å². The van der Waals surface area contributed by atoms with Gasteiger partial charge in [0.1, 0.15) is 18.1 Å². The van der Waals surface area contributed by atoms with E-state index in [1.165, 1.54) is 0 Å². The Labute approximate surface area is 149 Å². The van der Waals surface area contributed by atoms with E-state index in [0.717, 1.165) is 6.07 Å². The number of pyridine rings is 1. The number of anilines is 1. The largest absolute Gasteiger partial charge is 0.502 e. The monoisotopic (exact) mass is 355 g/mol. The van der Waals surface area contributed by atoms with Gasteiger partial charge in [0.25, 0.3) is 5.82 Å². The van der Waals surface area contributed by atoms with Crippen LogP contribution in [0.4, 0.5) is 5.82 Å². The van der Waals surface area contributed by atoms with Crippen molar-refractivity contribution in [1.82, 2.24) is 0 Å². The third-order valence-corrected chi connectivity index (χ3v) is 3.85. The lowest BCUT2D eigenvalue weighted by atomic mass is 10.0. The second-order valence-corrected chi connectivity index (χ2v) is 5.58. The lowest BCUT2D eigenvalue weighted by Gasteiger charge is -2.16. The smallest absolute Gasteiger partial charge is 0.273 e. The first-order valence-electron chi connectivity index (χ1n) is 7.96. The van der Waals surface area contributed by atoms with Gasteiger partial charge in [-0.05, 0) is 18.2 Å². The highest BCUT2D eigenvalue weighted by Crippen LogP contribution is 2.32. The molecule has 3 rings (SSSR count). The van der Waals surface area contributed by atoms with E-state index in [4.69, 9.17) is 9.15 Å². The SMILES string of the molecule is COc1cccc([C@@H](Nc2cccc[nH+]2)c2oc(CO)cc(=O)c2O)c1. The number of rotatable bonds is 6. The average molecular weight is 355 g/mol. The lowest BCUT2D eigenvalue weighted by molar-refractivity contribution is -0.361. The molecule has 0 spiro atoms. The van der Waals surface area contributed by atoms with Gasteiger partial charge in [0.05, 0.1) is 13.3 Å². The number of aromatic nitrogens is 1. The van der Waals surface area contributed by atoms with Crippen molar-refractivity contribution in [3.63, 3.8) is 0 Å². The number of H-pyrrole nitrogens is 1. The summed E-state index contributed by atoms with van der Waals surface area (Å²) < 4.78 is 10.8. The van der Waals surface area contributed by atoms with Crippen molar-refractivity contribution in [2.24, 2.45) is 0 Å². The Morgan fingerprint density at radius 2 is 2.08 bits per heavy atom. The first-order valence-corrected chi connectivity index (χ1v) is 7.96. The van der Waals surface area contributed by atoms with Crippen LogP contribution in [0.25, 0.3) is 0 Å². The molecule has 2 heterocycles. The zero-order chi connectivity index (χ0) is 18.5. The number of hydrogen-bond donors (Lipinski definition) is 3. The minimum absolute atomic E-state index is 0.00653. The first kappa shape index (κ1) is 17.5. The zero-order valence-electron chi connectivity index (χ0n) is 14.1. The van der Waals surface area contributed by atoms with Crippen LogP contribution in [0.2, 0.25) is 0 Å². The van der Waals surface area contributed by atoms with Crippen molar-refractivity contribution >= 4 is 5.82 Å². The van der Waals surface area contributed by atoms with Crippen LogP contribution in [-0.4, -0.2) is 17.3 Å². The molecule has 2 aromatic heterocycles. The van der Waals surface area contributed by atoms with Crippen LogP contribution in [0.5, 0.6) is 11.5 Å². The molecule has 3 aromatic rings. The van der Waals surface area contributed by atoms with Crippen molar-refractivity contribution in [2.75, 3.05) is 12.4 Å². The summed E-state index contributed by atoms with van der Waals surface area (Å²) in [6, 6.07) is 13.0. The molecule has 26 heavy (non-hydrogen) atoms. The molecule has 0 radical (unpaired) electrons. The summed E-state index contributed by atoms with van der Waals surface area (Å²) in [6.45, 7) is -0.454. The molecule has 1 atom stereocenters. The molecular formula is C19H19N2O5+. The van der Waals surface area contributed by atoms with E-state index in [0.29, 0.717) is 17.1 Å². The predicted octanol–water partition coefficient (Wildman–Crippen LogP) is 1.86. The Bertz CT molecular complexity index is 940. The van der Waals surface area contributed by atoms with Gasteiger partial charge in [0.2, 0.25) is 11.2 Å². The average Bonchev–Trinajstić information content (AvgIpc) is 2.69. The van der Waals surface area contributed by atoms with E-state index in [1.807, 2.05) is 18.2 Å². The molecule has 0 fully saturated rings. The second-order valence-electron chi connectivity index (χ2n) is 5.58. The molecule has 0 aliphatic carbocycles. The maximum atomic E-state index is 12.0. The number of nitrogens with one attached hydrogen (secondary N) is 2. The minimum atomic E-state index is -0.692. The van der Waals surface area contributed by atoms with E-state index in [9.17, 15) is 15.0 Å². The molecule has 0 unspecified atom stereocenters. The van der Waals surface area contributed by atoms with Crippen LogP contribution < -0.4 is 20.5 Å². The molecule has 7 nitrogen and oxygen atoms in total. The summed E-state index contributed by atoms with van der Waals surface area (Å²) in [6.07, 6.45) is 1.74. The highest BCUT2D eigenvalue weighted by atomic mass is 16.5. The number of ether oxygens (including phenoxy) is 1. The number of aromatic hydroxyl groups is 1. The van der Waals surface area contributed by atoms with Crippen molar-refractivity contribution in [1.29, 1.82) is 0 Å². The summed E-state index contributed by atoms with van der Waals surface area (Å²) >= 11 is 0. The Hall–Kier alpha value is -3.32. The highest BCUT2D eigenvalue weighted by Gasteiger charge is 2.28. The normalized spacial score (nSPS) is 11.8.